The number of carboxylic acid groups (broad SMARTS) is 2. The molecule has 0 aromatic rings. The molecule has 7 N–H and O–H groups in total. The predicted molar refractivity (Wildman–Crippen MR) is 103 cm³/mol. The minimum atomic E-state index is -1.18. The number of carboxylic acids is 2. The maximum Gasteiger partial charge on any atom is 0.326 e. The summed E-state index contributed by atoms with van der Waals surface area (Å²) in [5.74, 6) is -4.44. The van der Waals surface area contributed by atoms with Crippen LogP contribution in [-0.4, -0.2) is 70.3 Å². The van der Waals surface area contributed by atoms with Crippen LogP contribution in [0.25, 0.3) is 0 Å². The first kappa shape index (κ1) is 25.7. The number of aliphatic carboxylic acids is 2. The van der Waals surface area contributed by atoms with E-state index in [1.165, 1.54) is 0 Å². The number of hydrogen-bond acceptors (Lipinski definition) is 7. The second-order valence-electron chi connectivity index (χ2n) is 6.59. The maximum absolute atomic E-state index is 12.1. The van der Waals surface area contributed by atoms with Gasteiger partial charge in [0.25, 0.3) is 0 Å². The number of nitrogens with one attached hydrogen (secondary N) is 3. The van der Waals surface area contributed by atoms with Gasteiger partial charge in [0, 0.05) is 12.2 Å². The third-order valence-electron chi connectivity index (χ3n) is 3.59. The van der Waals surface area contributed by atoms with E-state index in [0.717, 1.165) is 0 Å². The van der Waals surface area contributed by atoms with E-state index in [-0.39, 0.29) is 30.9 Å². The number of nitrogens with two attached hydrogens (primary N) is 1. The lowest BCUT2D eigenvalue weighted by molar-refractivity contribution is -0.142. The summed E-state index contributed by atoms with van der Waals surface area (Å²) in [6.07, 6.45) is -0.164. The molecule has 0 spiro atoms. The van der Waals surface area contributed by atoms with Crippen molar-refractivity contribution in [2.75, 3.05) is 12.3 Å². The number of carbonyl (C=O) groups excluding carboxylic acids is 3. The van der Waals surface area contributed by atoms with E-state index in [0.29, 0.717) is 0 Å². The fourth-order valence-electron chi connectivity index (χ4n) is 2.11. The van der Waals surface area contributed by atoms with Crippen molar-refractivity contribution in [3.63, 3.8) is 0 Å². The van der Waals surface area contributed by atoms with E-state index in [4.69, 9.17) is 15.9 Å². The van der Waals surface area contributed by atoms with Gasteiger partial charge < -0.3 is 31.9 Å². The third kappa shape index (κ3) is 10.7. The number of carbonyl (C=O) groups is 5. The van der Waals surface area contributed by atoms with Crippen LogP contribution in [0, 0.1) is 5.92 Å². The minimum absolute atomic E-state index is 0.0464. The van der Waals surface area contributed by atoms with Crippen molar-refractivity contribution >= 4 is 42.3 Å². The molecule has 0 bridgehead atoms. The monoisotopic (exact) mass is 420 g/mol. The second kappa shape index (κ2) is 12.9. The number of thiol groups is 1. The Labute approximate surface area is 168 Å². The number of rotatable bonds is 13. The molecule has 0 saturated carbocycles. The Morgan fingerprint density at radius 2 is 1.61 bits per heavy atom. The third-order valence-corrected chi connectivity index (χ3v) is 3.95. The van der Waals surface area contributed by atoms with Gasteiger partial charge in [0.05, 0.1) is 12.6 Å². The molecule has 3 unspecified atom stereocenters. The highest BCUT2D eigenvalue weighted by molar-refractivity contribution is 7.80. The quantitative estimate of drug-likeness (QED) is 0.172. The first-order chi connectivity index (χ1) is 13.0. The Hall–Kier alpha value is -2.34. The van der Waals surface area contributed by atoms with Gasteiger partial charge in [-0.15, -0.1) is 0 Å². The Morgan fingerprint density at radius 3 is 2.07 bits per heavy atom. The predicted octanol–water partition coefficient (Wildman–Crippen LogP) is -1.68. The Balaban J connectivity index is 4.56. The first-order valence-electron chi connectivity index (χ1n) is 8.66. The van der Waals surface area contributed by atoms with Gasteiger partial charge in [0.15, 0.2) is 0 Å². The molecule has 0 aliphatic rings. The molecule has 11 nitrogen and oxygen atoms in total. The van der Waals surface area contributed by atoms with Crippen molar-refractivity contribution in [3.8, 4) is 0 Å². The molecule has 3 atom stereocenters. The van der Waals surface area contributed by atoms with Gasteiger partial charge >= 0.3 is 11.9 Å². The van der Waals surface area contributed by atoms with Crippen molar-refractivity contribution < 1.29 is 34.2 Å². The fraction of sp³-hybridized carbons (Fsp3) is 0.688. The lowest BCUT2D eigenvalue weighted by atomic mass is 10.0. The molecule has 0 aliphatic heterocycles. The fourth-order valence-corrected chi connectivity index (χ4v) is 2.37. The van der Waals surface area contributed by atoms with E-state index in [9.17, 15) is 24.0 Å². The Bertz CT molecular complexity index is 585. The van der Waals surface area contributed by atoms with Crippen LogP contribution in [0.5, 0.6) is 0 Å². The van der Waals surface area contributed by atoms with Crippen LogP contribution in [0.4, 0.5) is 0 Å². The normalized spacial score (nSPS) is 13.9. The molecular formula is C16H28N4O7S. The van der Waals surface area contributed by atoms with E-state index in [1.807, 2.05) is 13.8 Å². The van der Waals surface area contributed by atoms with Gasteiger partial charge in [-0.1, -0.05) is 13.8 Å². The van der Waals surface area contributed by atoms with Crippen molar-refractivity contribution in [3.05, 3.63) is 0 Å². The molecule has 0 heterocycles. The summed E-state index contributed by atoms with van der Waals surface area (Å²) in [6, 6.07) is -3.27. The topological polar surface area (TPSA) is 188 Å². The molecule has 0 aromatic carbocycles. The van der Waals surface area contributed by atoms with Crippen LogP contribution >= 0.6 is 12.6 Å². The maximum atomic E-state index is 12.1. The molecule has 28 heavy (non-hydrogen) atoms. The van der Waals surface area contributed by atoms with Crippen molar-refractivity contribution in [2.24, 2.45) is 11.7 Å². The lowest BCUT2D eigenvalue weighted by Gasteiger charge is -2.20. The zero-order chi connectivity index (χ0) is 21.9. The molecule has 0 rings (SSSR count). The van der Waals surface area contributed by atoms with E-state index >= 15 is 0 Å². The Morgan fingerprint density at radius 1 is 1.00 bits per heavy atom. The van der Waals surface area contributed by atoms with Gasteiger partial charge in [-0.2, -0.15) is 12.6 Å². The van der Waals surface area contributed by atoms with Gasteiger partial charge in [-0.25, -0.2) is 4.79 Å². The number of amides is 3. The lowest BCUT2D eigenvalue weighted by Crippen LogP contribution is -2.54. The average Bonchev–Trinajstić information content (AvgIpc) is 2.60. The average molecular weight is 420 g/mol. The summed E-state index contributed by atoms with van der Waals surface area (Å²) in [6.45, 7) is 3.14. The highest BCUT2D eigenvalue weighted by Crippen LogP contribution is 2.04. The van der Waals surface area contributed by atoms with Crippen molar-refractivity contribution in [2.45, 2.75) is 51.2 Å². The van der Waals surface area contributed by atoms with Gasteiger partial charge in [0.1, 0.15) is 12.1 Å². The summed E-state index contributed by atoms with van der Waals surface area (Å²) < 4.78 is 0. The highest BCUT2D eigenvalue weighted by atomic mass is 32.1. The Kier molecular flexibility index (Phi) is 11.9. The van der Waals surface area contributed by atoms with E-state index in [2.05, 4.69) is 28.6 Å². The van der Waals surface area contributed by atoms with Crippen LogP contribution < -0.4 is 21.7 Å². The molecule has 160 valence electrons. The highest BCUT2D eigenvalue weighted by Gasteiger charge is 2.25. The van der Waals surface area contributed by atoms with Gasteiger partial charge in [-0.3, -0.25) is 19.2 Å². The summed E-state index contributed by atoms with van der Waals surface area (Å²) in [5, 5.41) is 24.6. The molecular weight excluding hydrogens is 392 g/mol. The van der Waals surface area contributed by atoms with E-state index < -0.39 is 54.3 Å². The molecule has 0 radical (unpaired) electrons. The molecule has 0 aliphatic carbocycles. The zero-order valence-electron chi connectivity index (χ0n) is 15.8. The standard InChI is InChI=1S/C16H28N4O7S/c1-8(2)5-10(16(26)27)19-12(21)6-18-15(25)11(7-28)20-14(24)9(17)3-4-13(22)23/h8-11,28H,3-7,17H2,1-2H3,(H,18,25)(H,19,21)(H,20,24)(H,22,23)(H,26,27). The zero-order valence-corrected chi connectivity index (χ0v) is 16.7. The van der Waals surface area contributed by atoms with Crippen molar-refractivity contribution in [1.82, 2.24) is 16.0 Å². The molecule has 12 heteroatoms. The van der Waals surface area contributed by atoms with Crippen LogP contribution in [0.1, 0.15) is 33.1 Å². The van der Waals surface area contributed by atoms with Crippen LogP contribution in [0.2, 0.25) is 0 Å². The molecule has 0 aromatic heterocycles. The molecule has 0 saturated heterocycles. The number of hydrogen-bond donors (Lipinski definition) is 7. The van der Waals surface area contributed by atoms with Crippen LogP contribution in [0.3, 0.4) is 0 Å². The van der Waals surface area contributed by atoms with Crippen LogP contribution in [-0.2, 0) is 24.0 Å². The first-order valence-corrected chi connectivity index (χ1v) is 9.29. The molecule has 3 amide bonds. The molecule has 0 fully saturated rings. The SMILES string of the molecule is CC(C)CC(NC(=O)CNC(=O)C(CS)NC(=O)C(N)CCC(=O)O)C(=O)O. The van der Waals surface area contributed by atoms with Crippen LogP contribution in [0.15, 0.2) is 0 Å². The van der Waals surface area contributed by atoms with E-state index in [1.54, 1.807) is 0 Å². The largest absolute Gasteiger partial charge is 0.481 e. The van der Waals surface area contributed by atoms with Crippen molar-refractivity contribution in [1.29, 1.82) is 0 Å². The summed E-state index contributed by atoms with van der Waals surface area (Å²) in [4.78, 5) is 57.5. The van der Waals surface area contributed by atoms with Gasteiger partial charge in [-0.05, 0) is 18.8 Å². The second-order valence-corrected chi connectivity index (χ2v) is 6.95. The summed E-state index contributed by atoms with van der Waals surface area (Å²) in [7, 11) is 0. The van der Waals surface area contributed by atoms with Gasteiger partial charge in [0.2, 0.25) is 17.7 Å². The smallest absolute Gasteiger partial charge is 0.326 e. The summed E-state index contributed by atoms with van der Waals surface area (Å²) in [5.41, 5.74) is 5.56. The summed E-state index contributed by atoms with van der Waals surface area (Å²) >= 11 is 3.96. The minimum Gasteiger partial charge on any atom is -0.481 e.